The number of hydrogen-bond acceptors (Lipinski definition) is 3. The number of carbonyl (C=O) groups is 1. The molecule has 152 valence electrons. The first kappa shape index (κ1) is 22.6. The van der Waals surface area contributed by atoms with Crippen LogP contribution in [0.2, 0.25) is 25.7 Å². The fraction of sp³-hybridized carbons (Fsp3) is 0.435. The number of hydrogen-bond donors (Lipinski definition) is 0. The maximum atomic E-state index is 13.7. The second-order valence-electron chi connectivity index (χ2n) is 8.66. The van der Waals surface area contributed by atoms with Crippen molar-refractivity contribution in [1.82, 2.24) is 0 Å². The van der Waals surface area contributed by atoms with Gasteiger partial charge in [-0.2, -0.15) is 0 Å². The van der Waals surface area contributed by atoms with Gasteiger partial charge in [-0.05, 0) is 30.7 Å². The van der Waals surface area contributed by atoms with Gasteiger partial charge in [-0.15, -0.1) is 0 Å². The summed E-state index contributed by atoms with van der Waals surface area (Å²) in [5.41, 5.74) is 2.19. The largest absolute Gasteiger partial charge is 0.469 e. The molecule has 0 bridgehead atoms. The maximum absolute atomic E-state index is 13.7. The van der Waals surface area contributed by atoms with E-state index in [1.165, 1.54) is 7.11 Å². The first-order valence-corrected chi connectivity index (χ1v) is 14.7. The average Bonchev–Trinajstić information content (AvgIpc) is 2.66. The van der Waals surface area contributed by atoms with Crippen molar-refractivity contribution in [2.45, 2.75) is 55.6 Å². The van der Waals surface area contributed by atoms with Gasteiger partial charge in [-0.3, -0.25) is 9.00 Å². The molecule has 0 saturated heterocycles. The lowest BCUT2D eigenvalue weighted by Crippen LogP contribution is -2.38. The van der Waals surface area contributed by atoms with E-state index in [2.05, 4.69) is 19.6 Å². The molecule has 0 amide bonds. The number of methoxy groups -OCH3 is 1. The van der Waals surface area contributed by atoms with E-state index in [0.717, 1.165) is 22.1 Å². The van der Waals surface area contributed by atoms with E-state index in [0.29, 0.717) is 0 Å². The molecule has 1 unspecified atom stereocenters. The second-order valence-corrected chi connectivity index (χ2v) is 15.9. The predicted molar refractivity (Wildman–Crippen MR) is 120 cm³/mol. The lowest BCUT2D eigenvalue weighted by atomic mass is 9.84. The highest BCUT2D eigenvalue weighted by atomic mass is 32.2. The Morgan fingerprint density at radius 3 is 2.11 bits per heavy atom. The van der Waals surface area contributed by atoms with Crippen molar-refractivity contribution in [3.63, 3.8) is 0 Å². The van der Waals surface area contributed by atoms with Crippen LogP contribution in [0.3, 0.4) is 0 Å². The van der Waals surface area contributed by atoms with Crippen LogP contribution in [0.4, 0.5) is 0 Å². The zero-order valence-electron chi connectivity index (χ0n) is 17.8. The Balaban J connectivity index is 2.56. The maximum Gasteiger partial charge on any atom is 0.309 e. The summed E-state index contributed by atoms with van der Waals surface area (Å²) in [4.78, 5) is 13.3. The van der Waals surface area contributed by atoms with Gasteiger partial charge in [0.15, 0.2) is 0 Å². The Morgan fingerprint density at radius 1 is 1.04 bits per heavy atom. The normalized spacial score (nSPS) is 16.1. The third kappa shape index (κ3) is 5.88. The van der Waals surface area contributed by atoms with Gasteiger partial charge in [0.1, 0.15) is 0 Å². The van der Waals surface area contributed by atoms with Crippen molar-refractivity contribution in [3.8, 4) is 0 Å². The first-order chi connectivity index (χ1) is 13.1. The fourth-order valence-corrected chi connectivity index (χ4v) is 8.60. The lowest BCUT2D eigenvalue weighted by Gasteiger charge is -2.34. The average molecular weight is 417 g/mol. The summed E-state index contributed by atoms with van der Waals surface area (Å²) in [5.74, 6) is -0.791. The van der Waals surface area contributed by atoms with Crippen LogP contribution in [0.1, 0.15) is 24.0 Å². The third-order valence-electron chi connectivity index (χ3n) is 5.04. The highest BCUT2D eigenvalue weighted by Gasteiger charge is 2.39. The van der Waals surface area contributed by atoms with Gasteiger partial charge < -0.3 is 4.74 Å². The third-order valence-corrected chi connectivity index (χ3v) is 8.75. The van der Waals surface area contributed by atoms with Gasteiger partial charge in [-0.1, -0.05) is 74.6 Å². The zero-order valence-corrected chi connectivity index (χ0v) is 19.6. The van der Waals surface area contributed by atoms with Crippen molar-refractivity contribution >= 4 is 24.8 Å². The van der Waals surface area contributed by atoms with Crippen LogP contribution in [0.25, 0.3) is 0 Å². The molecule has 0 radical (unpaired) electrons. The molecule has 0 saturated carbocycles. The van der Waals surface area contributed by atoms with Crippen molar-refractivity contribution in [3.05, 3.63) is 65.7 Å². The molecule has 2 rings (SSSR count). The number of rotatable bonds is 8. The van der Waals surface area contributed by atoms with Crippen LogP contribution >= 0.6 is 0 Å². The summed E-state index contributed by atoms with van der Waals surface area (Å²) in [7, 11) is -1.36. The summed E-state index contributed by atoms with van der Waals surface area (Å²) in [6, 6.07) is 18.8. The molecule has 2 aromatic carbocycles. The molecule has 0 aliphatic heterocycles. The van der Waals surface area contributed by atoms with Crippen molar-refractivity contribution in [1.29, 1.82) is 0 Å². The minimum absolute atomic E-state index is 0.147. The molecule has 0 aliphatic carbocycles. The van der Waals surface area contributed by atoms with Crippen LogP contribution in [0.15, 0.2) is 59.5 Å². The molecular weight excluding hydrogens is 384 g/mol. The SMILES string of the molecule is COC(=O)[C@@H](C)[C@H](c1ccccc1)[C@H](C[Si](C)(C)C)S(=O)c1ccc(C)cc1. The minimum atomic E-state index is -1.56. The zero-order chi connectivity index (χ0) is 20.9. The molecule has 0 fully saturated rings. The van der Waals surface area contributed by atoms with Crippen molar-refractivity contribution in [2.24, 2.45) is 5.92 Å². The minimum Gasteiger partial charge on any atom is -0.469 e. The van der Waals surface area contributed by atoms with Gasteiger partial charge in [-0.25, -0.2) is 0 Å². The second kappa shape index (κ2) is 9.66. The summed E-state index contributed by atoms with van der Waals surface area (Å²) >= 11 is 0. The van der Waals surface area contributed by atoms with Crippen LogP contribution in [-0.4, -0.2) is 30.6 Å². The Labute approximate surface area is 173 Å². The van der Waals surface area contributed by atoms with Crippen LogP contribution in [-0.2, 0) is 20.3 Å². The molecule has 0 aromatic heterocycles. The predicted octanol–water partition coefficient (Wildman–Crippen LogP) is 5.40. The van der Waals surface area contributed by atoms with Gasteiger partial charge in [0.2, 0.25) is 0 Å². The van der Waals surface area contributed by atoms with E-state index < -0.39 is 18.9 Å². The van der Waals surface area contributed by atoms with Crippen LogP contribution < -0.4 is 0 Å². The smallest absolute Gasteiger partial charge is 0.309 e. The molecule has 2 aromatic rings. The number of benzene rings is 2. The fourth-order valence-electron chi connectivity index (χ4n) is 3.62. The van der Waals surface area contributed by atoms with Crippen molar-refractivity contribution < 1.29 is 13.7 Å². The standard InChI is InChI=1S/C23H32O3SSi/c1-17-12-14-20(15-13-17)27(25)21(16-28(4,5)6)22(18(2)23(24)26-3)19-10-8-7-9-11-19/h7-15,18,21-22H,16H2,1-6H3/t18-,21-,22+,27?/m0/s1. The Bertz CT molecular complexity index is 797. The first-order valence-electron chi connectivity index (χ1n) is 9.74. The van der Waals surface area contributed by atoms with Gasteiger partial charge in [0, 0.05) is 24.1 Å². The molecule has 4 atom stereocenters. The van der Waals surface area contributed by atoms with E-state index in [1.54, 1.807) is 0 Å². The molecule has 5 heteroatoms. The van der Waals surface area contributed by atoms with Gasteiger partial charge >= 0.3 is 5.97 Å². The highest BCUT2D eigenvalue weighted by molar-refractivity contribution is 7.85. The van der Waals surface area contributed by atoms with Crippen LogP contribution in [0, 0.1) is 12.8 Å². The van der Waals surface area contributed by atoms with E-state index >= 15 is 0 Å². The number of aryl methyl sites for hydroxylation is 1. The van der Waals surface area contributed by atoms with E-state index in [-0.39, 0.29) is 23.1 Å². The molecule has 3 nitrogen and oxygen atoms in total. The highest BCUT2D eigenvalue weighted by Crippen LogP contribution is 2.38. The topological polar surface area (TPSA) is 43.4 Å². The summed E-state index contributed by atoms with van der Waals surface area (Å²) in [6.07, 6.45) is 0. The quantitative estimate of drug-likeness (QED) is 0.427. The van der Waals surface area contributed by atoms with E-state index in [4.69, 9.17) is 4.74 Å². The molecule has 0 N–H and O–H groups in total. The Morgan fingerprint density at radius 2 is 1.61 bits per heavy atom. The molecule has 0 aliphatic rings. The number of carbonyl (C=O) groups excluding carboxylic acids is 1. The van der Waals surface area contributed by atoms with E-state index in [1.807, 2.05) is 68.4 Å². The molecular formula is C23H32O3SSi. The molecule has 0 heterocycles. The Kier molecular flexibility index (Phi) is 7.78. The van der Waals surface area contributed by atoms with Gasteiger partial charge in [0.25, 0.3) is 0 Å². The van der Waals surface area contributed by atoms with Gasteiger partial charge in [0.05, 0.1) is 23.8 Å². The number of ether oxygens (including phenoxy) is 1. The molecule has 0 spiro atoms. The monoisotopic (exact) mass is 416 g/mol. The summed E-state index contributed by atoms with van der Waals surface area (Å²) < 4.78 is 18.8. The lowest BCUT2D eigenvalue weighted by molar-refractivity contribution is -0.145. The molecule has 28 heavy (non-hydrogen) atoms. The van der Waals surface area contributed by atoms with Crippen LogP contribution in [0.5, 0.6) is 0 Å². The summed E-state index contributed by atoms with van der Waals surface area (Å²) in [6.45, 7) is 10.8. The van der Waals surface area contributed by atoms with E-state index in [9.17, 15) is 9.00 Å². The van der Waals surface area contributed by atoms with Crippen molar-refractivity contribution in [2.75, 3.05) is 7.11 Å². The Hall–Kier alpha value is -1.72. The summed E-state index contributed by atoms with van der Waals surface area (Å²) in [5, 5.41) is -0.147. The number of esters is 1.